The minimum absolute atomic E-state index is 0.813. The second-order valence-electron chi connectivity index (χ2n) is 3.49. The molecule has 0 fully saturated rings. The Labute approximate surface area is 83.8 Å². The highest BCUT2D eigenvalue weighted by Crippen LogP contribution is 2.24. The molecule has 0 spiro atoms. The minimum Gasteiger partial charge on any atom is -0.398 e. The number of pyridine rings is 1. The van der Waals surface area contributed by atoms with E-state index in [9.17, 15) is 0 Å². The molecule has 2 aromatic rings. The molecule has 2 N–H and O–H groups in total. The standard InChI is InChI=1S/C12H14N2/c1-2-3-9-4-5-12(13)11-8-14-7-6-10(9)11/h4-8H,2-3,13H2,1H3. The van der Waals surface area contributed by atoms with E-state index < -0.39 is 0 Å². The predicted molar refractivity (Wildman–Crippen MR) is 60.2 cm³/mol. The Balaban J connectivity index is 2.68. The van der Waals surface area contributed by atoms with Crippen molar-refractivity contribution >= 4 is 16.5 Å². The maximum atomic E-state index is 5.88. The second-order valence-corrected chi connectivity index (χ2v) is 3.49. The molecule has 1 aromatic carbocycles. The number of hydrogen-bond acceptors (Lipinski definition) is 2. The van der Waals surface area contributed by atoms with Crippen molar-refractivity contribution in [1.82, 2.24) is 4.98 Å². The topological polar surface area (TPSA) is 38.9 Å². The fourth-order valence-corrected chi connectivity index (χ4v) is 1.76. The van der Waals surface area contributed by atoms with Gasteiger partial charge < -0.3 is 5.73 Å². The number of aromatic nitrogens is 1. The van der Waals surface area contributed by atoms with Crippen molar-refractivity contribution in [2.75, 3.05) is 5.73 Å². The molecule has 1 aromatic heterocycles. The SMILES string of the molecule is CCCc1ccc(N)c2cnccc12. The Kier molecular flexibility index (Phi) is 2.35. The van der Waals surface area contributed by atoms with Gasteiger partial charge in [0.05, 0.1) is 0 Å². The quantitative estimate of drug-likeness (QED) is 0.732. The lowest BCUT2D eigenvalue weighted by molar-refractivity contribution is 0.929. The van der Waals surface area contributed by atoms with E-state index in [1.165, 1.54) is 10.9 Å². The zero-order chi connectivity index (χ0) is 9.97. The van der Waals surface area contributed by atoms with E-state index in [0.29, 0.717) is 0 Å². The lowest BCUT2D eigenvalue weighted by Crippen LogP contribution is -1.92. The molecule has 0 aliphatic rings. The summed E-state index contributed by atoms with van der Waals surface area (Å²) in [6, 6.07) is 6.12. The minimum atomic E-state index is 0.813. The molecular weight excluding hydrogens is 172 g/mol. The van der Waals surface area contributed by atoms with E-state index in [1.54, 1.807) is 0 Å². The fraction of sp³-hybridized carbons (Fsp3) is 0.250. The van der Waals surface area contributed by atoms with E-state index in [2.05, 4.69) is 18.0 Å². The summed E-state index contributed by atoms with van der Waals surface area (Å²) >= 11 is 0. The van der Waals surface area contributed by atoms with E-state index in [4.69, 9.17) is 5.73 Å². The monoisotopic (exact) mass is 186 g/mol. The molecule has 0 radical (unpaired) electrons. The average Bonchev–Trinajstić information content (AvgIpc) is 2.23. The lowest BCUT2D eigenvalue weighted by atomic mass is 10.0. The van der Waals surface area contributed by atoms with Crippen LogP contribution in [0, 0.1) is 0 Å². The van der Waals surface area contributed by atoms with Crippen LogP contribution in [0.3, 0.4) is 0 Å². The Morgan fingerprint density at radius 3 is 2.86 bits per heavy atom. The summed E-state index contributed by atoms with van der Waals surface area (Å²) in [6.07, 6.45) is 5.91. The summed E-state index contributed by atoms with van der Waals surface area (Å²) in [7, 11) is 0. The number of nitrogens with zero attached hydrogens (tertiary/aromatic N) is 1. The molecule has 0 aliphatic carbocycles. The van der Waals surface area contributed by atoms with Crippen molar-refractivity contribution in [3.63, 3.8) is 0 Å². The molecule has 0 saturated heterocycles. The van der Waals surface area contributed by atoms with Crippen molar-refractivity contribution in [3.8, 4) is 0 Å². The summed E-state index contributed by atoms with van der Waals surface area (Å²) in [5, 5.41) is 2.31. The zero-order valence-corrected chi connectivity index (χ0v) is 8.33. The number of fused-ring (bicyclic) bond motifs is 1. The fourth-order valence-electron chi connectivity index (χ4n) is 1.76. The number of aryl methyl sites for hydroxylation is 1. The molecule has 0 unspecified atom stereocenters. The van der Waals surface area contributed by atoms with Crippen LogP contribution in [0.15, 0.2) is 30.6 Å². The number of benzene rings is 1. The molecule has 72 valence electrons. The molecule has 2 rings (SSSR count). The number of anilines is 1. The molecule has 0 bridgehead atoms. The van der Waals surface area contributed by atoms with E-state index in [1.807, 2.05) is 24.5 Å². The van der Waals surface area contributed by atoms with Gasteiger partial charge in [-0.3, -0.25) is 4.98 Å². The van der Waals surface area contributed by atoms with Gasteiger partial charge in [0.1, 0.15) is 0 Å². The van der Waals surface area contributed by atoms with Crippen LogP contribution in [0.25, 0.3) is 10.8 Å². The van der Waals surface area contributed by atoms with Gasteiger partial charge in [-0.05, 0) is 29.5 Å². The smallest absolute Gasteiger partial charge is 0.0409 e. The Morgan fingerprint density at radius 1 is 1.21 bits per heavy atom. The molecule has 0 saturated carbocycles. The molecule has 2 nitrogen and oxygen atoms in total. The van der Waals surface area contributed by atoms with Crippen LogP contribution in [0.5, 0.6) is 0 Å². The number of rotatable bonds is 2. The first kappa shape index (κ1) is 9.00. The van der Waals surface area contributed by atoms with Gasteiger partial charge in [0.2, 0.25) is 0 Å². The third kappa shape index (κ3) is 1.43. The van der Waals surface area contributed by atoms with Crippen molar-refractivity contribution < 1.29 is 0 Å². The molecule has 1 heterocycles. The van der Waals surface area contributed by atoms with Crippen LogP contribution in [0.1, 0.15) is 18.9 Å². The summed E-state index contributed by atoms with van der Waals surface area (Å²) in [6.45, 7) is 2.18. The normalized spacial score (nSPS) is 10.6. The van der Waals surface area contributed by atoms with Gasteiger partial charge in [0, 0.05) is 23.5 Å². The zero-order valence-electron chi connectivity index (χ0n) is 8.33. The lowest BCUT2D eigenvalue weighted by Gasteiger charge is -2.06. The summed E-state index contributed by atoms with van der Waals surface area (Å²) < 4.78 is 0. The van der Waals surface area contributed by atoms with Crippen molar-refractivity contribution in [1.29, 1.82) is 0 Å². The van der Waals surface area contributed by atoms with Crippen LogP contribution in [0.2, 0.25) is 0 Å². The number of nitrogen functional groups attached to an aromatic ring is 1. The van der Waals surface area contributed by atoms with E-state index >= 15 is 0 Å². The Hall–Kier alpha value is -1.57. The van der Waals surface area contributed by atoms with Crippen molar-refractivity contribution in [2.45, 2.75) is 19.8 Å². The molecule has 0 aliphatic heterocycles. The van der Waals surface area contributed by atoms with Gasteiger partial charge in [-0.1, -0.05) is 19.4 Å². The third-order valence-electron chi connectivity index (χ3n) is 2.46. The summed E-state index contributed by atoms with van der Waals surface area (Å²) in [4.78, 5) is 4.09. The Bertz CT molecular complexity index is 449. The molecular formula is C12H14N2. The van der Waals surface area contributed by atoms with Crippen molar-refractivity contribution in [2.24, 2.45) is 0 Å². The summed E-state index contributed by atoms with van der Waals surface area (Å²) in [5.41, 5.74) is 8.05. The van der Waals surface area contributed by atoms with Gasteiger partial charge in [-0.2, -0.15) is 0 Å². The number of hydrogen-bond donors (Lipinski definition) is 1. The van der Waals surface area contributed by atoms with Gasteiger partial charge in [0.15, 0.2) is 0 Å². The molecule has 0 amide bonds. The van der Waals surface area contributed by atoms with E-state index in [0.717, 1.165) is 23.9 Å². The van der Waals surface area contributed by atoms with Crippen LogP contribution in [-0.4, -0.2) is 4.98 Å². The van der Waals surface area contributed by atoms with Crippen LogP contribution in [0.4, 0.5) is 5.69 Å². The summed E-state index contributed by atoms with van der Waals surface area (Å²) in [5.74, 6) is 0. The average molecular weight is 186 g/mol. The van der Waals surface area contributed by atoms with Crippen molar-refractivity contribution in [3.05, 3.63) is 36.2 Å². The largest absolute Gasteiger partial charge is 0.398 e. The maximum absolute atomic E-state index is 5.88. The molecule has 2 heteroatoms. The molecule has 14 heavy (non-hydrogen) atoms. The second kappa shape index (κ2) is 3.66. The van der Waals surface area contributed by atoms with Crippen LogP contribution < -0.4 is 5.73 Å². The first-order valence-corrected chi connectivity index (χ1v) is 4.94. The van der Waals surface area contributed by atoms with Gasteiger partial charge >= 0.3 is 0 Å². The van der Waals surface area contributed by atoms with Gasteiger partial charge in [-0.15, -0.1) is 0 Å². The highest BCUT2D eigenvalue weighted by Gasteiger charge is 2.02. The molecule has 0 atom stereocenters. The first-order chi connectivity index (χ1) is 6.83. The van der Waals surface area contributed by atoms with Gasteiger partial charge in [-0.25, -0.2) is 0 Å². The Morgan fingerprint density at radius 2 is 2.07 bits per heavy atom. The highest BCUT2D eigenvalue weighted by molar-refractivity contribution is 5.94. The third-order valence-corrected chi connectivity index (χ3v) is 2.46. The van der Waals surface area contributed by atoms with Crippen LogP contribution in [-0.2, 0) is 6.42 Å². The van der Waals surface area contributed by atoms with E-state index in [-0.39, 0.29) is 0 Å². The first-order valence-electron chi connectivity index (χ1n) is 4.94. The predicted octanol–water partition coefficient (Wildman–Crippen LogP) is 2.77. The maximum Gasteiger partial charge on any atom is 0.0409 e. The highest BCUT2D eigenvalue weighted by atomic mass is 14.6. The number of nitrogens with two attached hydrogens (primary N) is 1. The van der Waals surface area contributed by atoms with Gasteiger partial charge in [0.25, 0.3) is 0 Å². The van der Waals surface area contributed by atoms with Crippen LogP contribution >= 0.6 is 0 Å².